The molecule has 23 heavy (non-hydrogen) atoms. The number of ether oxygens (including phenoxy) is 1. The second kappa shape index (κ2) is 7.02. The first-order valence-electron chi connectivity index (χ1n) is 8.42. The van der Waals surface area contributed by atoms with Crippen molar-refractivity contribution in [2.45, 2.75) is 44.6 Å². The molecule has 5 heteroatoms. The van der Waals surface area contributed by atoms with E-state index in [1.807, 2.05) is 12.1 Å². The molecule has 0 bridgehead atoms. The van der Waals surface area contributed by atoms with E-state index in [9.17, 15) is 9.59 Å². The summed E-state index contributed by atoms with van der Waals surface area (Å²) in [4.78, 5) is 25.2. The van der Waals surface area contributed by atoms with Crippen molar-refractivity contribution in [3.05, 3.63) is 29.8 Å². The number of benzene rings is 1. The standard InChI is InChI=1S/C18H23NO4/c20-17(19-10-9-14(12-19)18(21)22)13-5-4-8-16(11-13)23-15-6-2-1-3-7-15/h4-5,8,11,14-15H,1-3,6-7,9-10,12H2,(H,21,22). The zero-order valence-corrected chi connectivity index (χ0v) is 13.2. The first-order valence-corrected chi connectivity index (χ1v) is 8.42. The number of hydrogen-bond acceptors (Lipinski definition) is 3. The third kappa shape index (κ3) is 3.84. The van der Waals surface area contributed by atoms with Gasteiger partial charge >= 0.3 is 5.97 Å². The highest BCUT2D eigenvalue weighted by Crippen LogP contribution is 2.25. The van der Waals surface area contributed by atoms with E-state index in [0.29, 0.717) is 25.1 Å². The van der Waals surface area contributed by atoms with Crippen molar-refractivity contribution in [2.75, 3.05) is 13.1 Å². The van der Waals surface area contributed by atoms with E-state index in [1.165, 1.54) is 19.3 Å². The fourth-order valence-electron chi connectivity index (χ4n) is 3.41. The van der Waals surface area contributed by atoms with Crippen LogP contribution in [0.4, 0.5) is 0 Å². The fraction of sp³-hybridized carbons (Fsp3) is 0.556. The van der Waals surface area contributed by atoms with Crippen LogP contribution in [0.2, 0.25) is 0 Å². The van der Waals surface area contributed by atoms with Gasteiger partial charge in [-0.3, -0.25) is 9.59 Å². The van der Waals surface area contributed by atoms with Gasteiger partial charge in [-0.2, -0.15) is 0 Å². The maximum atomic E-state index is 12.5. The Hall–Kier alpha value is -2.04. The van der Waals surface area contributed by atoms with Gasteiger partial charge in [0, 0.05) is 18.7 Å². The largest absolute Gasteiger partial charge is 0.490 e. The number of rotatable bonds is 4. The van der Waals surface area contributed by atoms with Gasteiger partial charge in [-0.15, -0.1) is 0 Å². The summed E-state index contributed by atoms with van der Waals surface area (Å²) in [6.07, 6.45) is 6.60. The molecule has 2 aliphatic rings. The predicted octanol–water partition coefficient (Wildman–Crippen LogP) is 2.94. The van der Waals surface area contributed by atoms with Crippen LogP contribution in [0, 0.1) is 5.92 Å². The molecule has 3 rings (SSSR count). The molecule has 2 fully saturated rings. The first kappa shape index (κ1) is 15.8. The summed E-state index contributed by atoms with van der Waals surface area (Å²) in [5, 5.41) is 9.05. The lowest BCUT2D eigenvalue weighted by Gasteiger charge is -2.23. The smallest absolute Gasteiger partial charge is 0.308 e. The molecule has 1 unspecified atom stereocenters. The molecule has 1 heterocycles. The van der Waals surface area contributed by atoms with Gasteiger partial charge in [0.15, 0.2) is 0 Å². The Bertz CT molecular complexity index is 580. The Balaban J connectivity index is 1.64. The van der Waals surface area contributed by atoms with Crippen molar-refractivity contribution in [3.63, 3.8) is 0 Å². The number of hydrogen-bond donors (Lipinski definition) is 1. The lowest BCUT2D eigenvalue weighted by Crippen LogP contribution is -2.30. The molecule has 0 spiro atoms. The van der Waals surface area contributed by atoms with Gasteiger partial charge in [-0.25, -0.2) is 0 Å². The van der Waals surface area contributed by atoms with E-state index >= 15 is 0 Å². The minimum atomic E-state index is -0.824. The van der Waals surface area contributed by atoms with Crippen LogP contribution in [0.1, 0.15) is 48.9 Å². The Kier molecular flexibility index (Phi) is 4.84. The molecule has 5 nitrogen and oxygen atoms in total. The van der Waals surface area contributed by atoms with Gasteiger partial charge in [0.2, 0.25) is 0 Å². The molecule has 1 aromatic carbocycles. The van der Waals surface area contributed by atoms with Gasteiger partial charge in [-0.05, 0) is 50.3 Å². The minimum Gasteiger partial charge on any atom is -0.490 e. The fourth-order valence-corrected chi connectivity index (χ4v) is 3.41. The average molecular weight is 317 g/mol. The van der Waals surface area contributed by atoms with Crippen molar-refractivity contribution in [3.8, 4) is 5.75 Å². The molecule has 1 amide bonds. The molecule has 1 N–H and O–H groups in total. The third-order valence-electron chi connectivity index (χ3n) is 4.76. The SMILES string of the molecule is O=C(O)C1CCN(C(=O)c2cccc(OC3CCCCC3)c2)C1. The molecular weight excluding hydrogens is 294 g/mol. The van der Waals surface area contributed by atoms with E-state index in [0.717, 1.165) is 18.6 Å². The molecule has 1 aliphatic carbocycles. The summed E-state index contributed by atoms with van der Waals surface area (Å²) < 4.78 is 6.00. The van der Waals surface area contributed by atoms with Gasteiger partial charge in [0.1, 0.15) is 5.75 Å². The summed E-state index contributed by atoms with van der Waals surface area (Å²) in [5.74, 6) is -0.644. The number of carbonyl (C=O) groups is 2. The molecule has 0 radical (unpaired) electrons. The van der Waals surface area contributed by atoms with E-state index in [4.69, 9.17) is 9.84 Å². The normalized spacial score (nSPS) is 22.1. The third-order valence-corrected chi connectivity index (χ3v) is 4.76. The number of likely N-dealkylation sites (tertiary alicyclic amines) is 1. The molecular formula is C18H23NO4. The summed E-state index contributed by atoms with van der Waals surface area (Å²) in [5.41, 5.74) is 0.573. The van der Waals surface area contributed by atoms with Crippen LogP contribution in [-0.4, -0.2) is 41.1 Å². The maximum absolute atomic E-state index is 12.5. The number of carbonyl (C=O) groups excluding carboxylic acids is 1. The van der Waals surface area contributed by atoms with Gasteiger partial charge in [-0.1, -0.05) is 12.5 Å². The number of nitrogens with zero attached hydrogens (tertiary/aromatic N) is 1. The second-order valence-electron chi connectivity index (χ2n) is 6.48. The summed E-state index contributed by atoms with van der Waals surface area (Å²) in [7, 11) is 0. The van der Waals surface area contributed by atoms with Gasteiger partial charge in [0.25, 0.3) is 5.91 Å². The van der Waals surface area contributed by atoms with Crippen molar-refractivity contribution < 1.29 is 19.4 Å². The Labute approximate surface area is 136 Å². The quantitative estimate of drug-likeness (QED) is 0.927. The number of carboxylic acid groups (broad SMARTS) is 1. The van der Waals surface area contributed by atoms with Crippen molar-refractivity contribution in [2.24, 2.45) is 5.92 Å². The topological polar surface area (TPSA) is 66.8 Å². The monoisotopic (exact) mass is 317 g/mol. The lowest BCUT2D eigenvalue weighted by atomic mass is 9.98. The summed E-state index contributed by atoms with van der Waals surface area (Å²) >= 11 is 0. The van der Waals surface area contributed by atoms with E-state index in [-0.39, 0.29) is 12.0 Å². The van der Waals surface area contributed by atoms with Crippen LogP contribution in [-0.2, 0) is 4.79 Å². The summed E-state index contributed by atoms with van der Waals surface area (Å²) in [6, 6.07) is 7.26. The zero-order valence-electron chi connectivity index (χ0n) is 13.2. The maximum Gasteiger partial charge on any atom is 0.308 e. The van der Waals surface area contributed by atoms with E-state index in [2.05, 4.69) is 0 Å². The number of amides is 1. The zero-order chi connectivity index (χ0) is 16.2. The van der Waals surface area contributed by atoms with Crippen LogP contribution in [0.15, 0.2) is 24.3 Å². The van der Waals surface area contributed by atoms with Crippen LogP contribution in [0.25, 0.3) is 0 Å². The molecule has 124 valence electrons. The molecule has 0 aromatic heterocycles. The van der Waals surface area contributed by atoms with Crippen LogP contribution in [0.3, 0.4) is 0 Å². The average Bonchev–Trinajstić information content (AvgIpc) is 3.06. The van der Waals surface area contributed by atoms with Gasteiger partial charge < -0.3 is 14.7 Å². The molecule has 1 aromatic rings. The lowest BCUT2D eigenvalue weighted by molar-refractivity contribution is -0.141. The van der Waals surface area contributed by atoms with E-state index in [1.54, 1.807) is 17.0 Å². The highest BCUT2D eigenvalue weighted by Gasteiger charge is 2.31. The molecule has 1 atom stereocenters. The highest BCUT2D eigenvalue weighted by molar-refractivity contribution is 5.95. The van der Waals surface area contributed by atoms with Crippen molar-refractivity contribution in [1.29, 1.82) is 0 Å². The Morgan fingerprint density at radius 3 is 2.61 bits per heavy atom. The van der Waals surface area contributed by atoms with Crippen LogP contribution >= 0.6 is 0 Å². The van der Waals surface area contributed by atoms with Gasteiger partial charge in [0.05, 0.1) is 12.0 Å². The van der Waals surface area contributed by atoms with E-state index < -0.39 is 11.9 Å². The summed E-state index contributed by atoms with van der Waals surface area (Å²) in [6.45, 7) is 0.797. The predicted molar refractivity (Wildman–Crippen MR) is 85.6 cm³/mol. The minimum absolute atomic E-state index is 0.108. The molecule has 1 saturated heterocycles. The van der Waals surface area contributed by atoms with Crippen molar-refractivity contribution >= 4 is 11.9 Å². The number of aliphatic carboxylic acids is 1. The number of carboxylic acids is 1. The van der Waals surface area contributed by atoms with Crippen molar-refractivity contribution in [1.82, 2.24) is 4.90 Å². The first-order chi connectivity index (χ1) is 11.1. The molecule has 1 saturated carbocycles. The second-order valence-corrected chi connectivity index (χ2v) is 6.48. The molecule has 1 aliphatic heterocycles. The Morgan fingerprint density at radius 1 is 1.13 bits per heavy atom. The van der Waals surface area contributed by atoms with Crippen LogP contribution in [0.5, 0.6) is 5.75 Å². The highest BCUT2D eigenvalue weighted by atomic mass is 16.5. The van der Waals surface area contributed by atoms with Crippen LogP contribution < -0.4 is 4.74 Å². The Morgan fingerprint density at radius 2 is 1.91 bits per heavy atom.